The highest BCUT2D eigenvalue weighted by Crippen LogP contribution is 2.21. The molecular formula is C17H13N9O3. The van der Waals surface area contributed by atoms with E-state index in [1.165, 1.54) is 35.7 Å². The van der Waals surface area contributed by atoms with Crippen molar-refractivity contribution >= 4 is 23.3 Å². The number of carbonyl (C=O) groups excluding carboxylic acids is 2. The summed E-state index contributed by atoms with van der Waals surface area (Å²) in [7, 11) is 0. The molecule has 4 aromatic heterocycles. The first-order valence-electron chi connectivity index (χ1n) is 8.17. The van der Waals surface area contributed by atoms with E-state index in [-0.39, 0.29) is 34.7 Å². The van der Waals surface area contributed by atoms with Crippen LogP contribution in [0.5, 0.6) is 0 Å². The number of nitrogens with two attached hydrogens (primary N) is 2. The van der Waals surface area contributed by atoms with Crippen molar-refractivity contribution < 1.29 is 14.0 Å². The van der Waals surface area contributed by atoms with Gasteiger partial charge in [0.15, 0.2) is 11.4 Å². The molecule has 0 unspecified atom stereocenters. The molecule has 4 rings (SSSR count). The van der Waals surface area contributed by atoms with Crippen LogP contribution in [-0.2, 0) is 0 Å². The molecule has 4 aromatic rings. The van der Waals surface area contributed by atoms with E-state index >= 15 is 0 Å². The number of carbonyl (C=O) groups is 2. The number of hydrogen-bond donors (Lipinski definition) is 3. The highest BCUT2D eigenvalue weighted by Gasteiger charge is 2.20. The number of rotatable bonds is 5. The van der Waals surface area contributed by atoms with Gasteiger partial charge < -0.3 is 21.2 Å². The second-order valence-corrected chi connectivity index (χ2v) is 5.71. The zero-order valence-corrected chi connectivity index (χ0v) is 14.7. The largest absolute Gasteiger partial charge is 0.444 e. The molecular weight excluding hydrogens is 378 g/mol. The second-order valence-electron chi connectivity index (χ2n) is 5.71. The molecule has 0 atom stereocenters. The number of hydrogen-bond acceptors (Lipinski definition) is 9. The minimum atomic E-state index is -0.830. The summed E-state index contributed by atoms with van der Waals surface area (Å²) in [6, 6.07) is 4.82. The predicted octanol–water partition coefficient (Wildman–Crippen LogP) is 0.646. The Bertz CT molecular complexity index is 1200. The first-order valence-corrected chi connectivity index (χ1v) is 8.17. The van der Waals surface area contributed by atoms with Crippen molar-refractivity contribution in [2.75, 3.05) is 11.1 Å². The third kappa shape index (κ3) is 3.62. The number of nitrogens with one attached hydrogen (secondary N) is 1. The molecule has 4 heterocycles. The lowest BCUT2D eigenvalue weighted by atomic mass is 10.2. The van der Waals surface area contributed by atoms with Crippen molar-refractivity contribution in [2.24, 2.45) is 5.73 Å². The molecule has 5 N–H and O–H groups in total. The lowest BCUT2D eigenvalue weighted by Gasteiger charge is -2.00. The van der Waals surface area contributed by atoms with Gasteiger partial charge in [0.2, 0.25) is 5.89 Å². The Morgan fingerprint density at radius 2 is 1.93 bits per heavy atom. The number of aromatic nitrogens is 6. The molecule has 12 heteroatoms. The van der Waals surface area contributed by atoms with Crippen LogP contribution in [0.25, 0.3) is 17.4 Å². The zero-order chi connectivity index (χ0) is 20.4. The lowest BCUT2D eigenvalue weighted by Crippen LogP contribution is -2.18. The number of pyridine rings is 1. The molecule has 0 fully saturated rings. The number of oxazole rings is 1. The van der Waals surface area contributed by atoms with Gasteiger partial charge in [-0.3, -0.25) is 9.59 Å². The summed E-state index contributed by atoms with van der Waals surface area (Å²) >= 11 is 0. The average Bonchev–Trinajstić information content (AvgIpc) is 3.36. The average molecular weight is 391 g/mol. The van der Waals surface area contributed by atoms with Crippen LogP contribution in [0, 0.1) is 0 Å². The first kappa shape index (κ1) is 17.8. The summed E-state index contributed by atoms with van der Waals surface area (Å²) in [5, 5.41) is 6.56. The number of nitrogen functional groups attached to an aromatic ring is 1. The van der Waals surface area contributed by atoms with Crippen LogP contribution >= 0.6 is 0 Å². The van der Waals surface area contributed by atoms with Gasteiger partial charge in [-0.1, -0.05) is 0 Å². The monoisotopic (exact) mass is 391 g/mol. The maximum atomic E-state index is 12.6. The molecule has 0 aliphatic carbocycles. The van der Waals surface area contributed by atoms with E-state index < -0.39 is 11.8 Å². The number of primary amides is 1. The zero-order valence-electron chi connectivity index (χ0n) is 14.7. The summed E-state index contributed by atoms with van der Waals surface area (Å²) in [6.45, 7) is 0. The highest BCUT2D eigenvalue weighted by atomic mass is 16.3. The highest BCUT2D eigenvalue weighted by molar-refractivity contribution is 6.07. The fourth-order valence-corrected chi connectivity index (χ4v) is 2.44. The Labute approximate surface area is 162 Å². The molecule has 0 saturated heterocycles. The molecule has 12 nitrogen and oxygen atoms in total. The van der Waals surface area contributed by atoms with Crippen LogP contribution in [0.1, 0.15) is 21.0 Å². The van der Waals surface area contributed by atoms with E-state index in [9.17, 15) is 9.59 Å². The van der Waals surface area contributed by atoms with Gasteiger partial charge in [-0.25, -0.2) is 24.6 Å². The van der Waals surface area contributed by atoms with E-state index in [0.29, 0.717) is 5.56 Å². The minimum Gasteiger partial charge on any atom is -0.444 e. The summed E-state index contributed by atoms with van der Waals surface area (Å²) in [6.07, 6.45) is 7.06. The maximum Gasteiger partial charge on any atom is 0.277 e. The first-order chi connectivity index (χ1) is 14.0. The fraction of sp³-hybridized carbons (Fsp3) is 0. The van der Waals surface area contributed by atoms with Crippen molar-refractivity contribution in [1.82, 2.24) is 29.7 Å². The van der Waals surface area contributed by atoms with Gasteiger partial charge in [0, 0.05) is 24.2 Å². The number of anilines is 2. The molecule has 0 aromatic carbocycles. The fourth-order valence-electron chi connectivity index (χ4n) is 2.44. The lowest BCUT2D eigenvalue weighted by molar-refractivity contribution is 0.0996. The molecule has 29 heavy (non-hydrogen) atoms. The van der Waals surface area contributed by atoms with Gasteiger partial charge in [0.05, 0.1) is 11.9 Å². The Kier molecular flexibility index (Phi) is 4.41. The molecule has 0 spiro atoms. The van der Waals surface area contributed by atoms with Crippen LogP contribution < -0.4 is 16.8 Å². The van der Waals surface area contributed by atoms with Crippen molar-refractivity contribution in [2.45, 2.75) is 0 Å². The van der Waals surface area contributed by atoms with Crippen molar-refractivity contribution in [1.29, 1.82) is 0 Å². The Balaban J connectivity index is 1.60. The van der Waals surface area contributed by atoms with Gasteiger partial charge in [0.25, 0.3) is 17.8 Å². The summed E-state index contributed by atoms with van der Waals surface area (Å²) in [5.41, 5.74) is 11.5. The molecule has 0 aliphatic rings. The van der Waals surface area contributed by atoms with Gasteiger partial charge in [-0.2, -0.15) is 5.10 Å². The van der Waals surface area contributed by atoms with Gasteiger partial charge in [-0.15, -0.1) is 0 Å². The molecule has 0 aliphatic heterocycles. The van der Waals surface area contributed by atoms with Crippen LogP contribution in [0.15, 0.2) is 53.7 Å². The third-order valence-corrected chi connectivity index (χ3v) is 3.72. The second kappa shape index (κ2) is 7.19. The number of amides is 2. The van der Waals surface area contributed by atoms with Crippen molar-refractivity contribution in [3.05, 3.63) is 60.6 Å². The van der Waals surface area contributed by atoms with E-state index in [0.717, 1.165) is 0 Å². The van der Waals surface area contributed by atoms with Crippen molar-refractivity contribution in [3.63, 3.8) is 0 Å². The predicted molar refractivity (Wildman–Crippen MR) is 99.8 cm³/mol. The smallest absolute Gasteiger partial charge is 0.277 e. The minimum absolute atomic E-state index is 0.0190. The maximum absolute atomic E-state index is 12.6. The molecule has 0 radical (unpaired) electrons. The normalized spacial score (nSPS) is 10.6. The molecule has 2 amide bonds. The van der Waals surface area contributed by atoms with Crippen LogP contribution in [0.3, 0.4) is 0 Å². The van der Waals surface area contributed by atoms with Crippen molar-refractivity contribution in [3.8, 4) is 17.4 Å². The van der Waals surface area contributed by atoms with Gasteiger partial charge >= 0.3 is 0 Å². The summed E-state index contributed by atoms with van der Waals surface area (Å²) in [5.74, 6) is -0.781. The summed E-state index contributed by atoms with van der Waals surface area (Å²) < 4.78 is 6.55. The molecule has 0 bridgehead atoms. The van der Waals surface area contributed by atoms with E-state index in [1.54, 1.807) is 18.2 Å². The summed E-state index contributed by atoms with van der Waals surface area (Å²) in [4.78, 5) is 40.3. The Morgan fingerprint density at radius 1 is 1.14 bits per heavy atom. The topological polar surface area (TPSA) is 181 Å². The van der Waals surface area contributed by atoms with E-state index in [1.807, 2.05) is 0 Å². The van der Waals surface area contributed by atoms with Crippen LogP contribution in [-0.4, -0.2) is 41.5 Å². The SMILES string of the molecule is NC(=O)c1nn(-c2ncccn2)cc1NC(=O)c1coc(-c2ccnc(N)c2)n1. The van der Waals surface area contributed by atoms with Gasteiger partial charge in [-0.05, 0) is 18.2 Å². The van der Waals surface area contributed by atoms with Gasteiger partial charge in [0.1, 0.15) is 12.1 Å². The molecule has 144 valence electrons. The van der Waals surface area contributed by atoms with E-state index in [2.05, 4.69) is 30.4 Å². The molecule has 0 saturated carbocycles. The Hall–Kier alpha value is -4.61. The number of nitrogens with zero attached hydrogens (tertiary/aromatic N) is 6. The van der Waals surface area contributed by atoms with Crippen LogP contribution in [0.2, 0.25) is 0 Å². The quantitative estimate of drug-likeness (QED) is 0.440. The Morgan fingerprint density at radius 3 is 2.66 bits per heavy atom. The van der Waals surface area contributed by atoms with E-state index in [4.69, 9.17) is 15.9 Å². The standard InChI is InChI=1S/C17H13N9O3/c18-12-6-9(2-5-20-12)16-24-11(8-29-16)15(28)23-10-7-26(25-13(10)14(19)27)17-21-3-1-4-22-17/h1-8H,(H2,18,20)(H2,19,27)(H,23,28). The van der Waals surface area contributed by atoms with Crippen LogP contribution in [0.4, 0.5) is 11.5 Å². The third-order valence-electron chi connectivity index (χ3n) is 3.72.